The van der Waals surface area contributed by atoms with Gasteiger partial charge in [-0.2, -0.15) is 11.8 Å². The molecule has 0 atom stereocenters. The number of ether oxygens (including phenoxy) is 2. The molecule has 2 N–H and O–H groups in total. The van der Waals surface area contributed by atoms with Crippen molar-refractivity contribution in [3.8, 4) is 0 Å². The molecule has 1 rings (SSSR count). The number of hydrogen-bond donors (Lipinski definition) is 1. The Bertz CT molecular complexity index is 491. The quantitative estimate of drug-likeness (QED) is 0.452. The maximum absolute atomic E-state index is 12.0. The average Bonchev–Trinajstić information content (AvgIpc) is 2.48. The molecule has 0 aliphatic rings. The molecule has 21 heavy (non-hydrogen) atoms. The smallest absolute Gasteiger partial charge is 0.340 e. The second-order valence-electron chi connectivity index (χ2n) is 4.40. The van der Waals surface area contributed by atoms with Crippen molar-refractivity contribution in [2.75, 3.05) is 25.2 Å². The lowest BCUT2D eigenvalue weighted by molar-refractivity contribution is -0.140. The highest BCUT2D eigenvalue weighted by Gasteiger charge is 2.16. The summed E-state index contributed by atoms with van der Waals surface area (Å²) in [7, 11) is 1.37. The zero-order chi connectivity index (χ0) is 15.7. The summed E-state index contributed by atoms with van der Waals surface area (Å²) in [5.41, 5.74) is 7.55. The molecule has 0 spiro atoms. The minimum atomic E-state index is -0.390. The van der Waals surface area contributed by atoms with E-state index in [4.69, 9.17) is 10.5 Å². The van der Waals surface area contributed by atoms with E-state index in [2.05, 4.69) is 4.74 Å². The van der Waals surface area contributed by atoms with Gasteiger partial charge in [-0.15, -0.1) is 0 Å². The average molecular weight is 311 g/mol. The monoisotopic (exact) mass is 311 g/mol. The molecule has 0 amide bonds. The number of hydrogen-bond acceptors (Lipinski definition) is 6. The Labute approximate surface area is 129 Å². The molecule has 0 saturated heterocycles. The summed E-state index contributed by atoms with van der Waals surface area (Å²) in [5, 5.41) is 0. The van der Waals surface area contributed by atoms with Crippen LogP contribution in [-0.2, 0) is 20.0 Å². The maximum Gasteiger partial charge on any atom is 0.340 e. The van der Waals surface area contributed by atoms with Gasteiger partial charge >= 0.3 is 11.9 Å². The first kappa shape index (κ1) is 17.4. The Kier molecular flexibility index (Phi) is 7.68. The normalized spacial score (nSPS) is 10.2. The number of esters is 2. The molecule has 6 heteroatoms. The first-order valence-electron chi connectivity index (χ1n) is 6.79. The van der Waals surface area contributed by atoms with Crippen molar-refractivity contribution in [2.24, 2.45) is 0 Å². The van der Waals surface area contributed by atoms with Gasteiger partial charge in [0.25, 0.3) is 0 Å². The van der Waals surface area contributed by atoms with E-state index in [1.165, 1.54) is 7.11 Å². The predicted molar refractivity (Wildman–Crippen MR) is 84.2 cm³/mol. The third-order valence-electron chi connectivity index (χ3n) is 2.76. The number of nitrogens with two attached hydrogens (primary N) is 1. The minimum absolute atomic E-state index is 0.238. The summed E-state index contributed by atoms with van der Waals surface area (Å²) in [6.07, 6.45) is 1.11. The number of anilines is 1. The number of methoxy groups -OCH3 is 1. The second kappa shape index (κ2) is 9.28. The molecular weight excluding hydrogens is 290 g/mol. The van der Waals surface area contributed by atoms with Crippen LogP contribution in [0.1, 0.15) is 35.7 Å². The van der Waals surface area contributed by atoms with E-state index in [1.807, 2.05) is 19.1 Å². The Morgan fingerprint density at radius 1 is 1.33 bits per heavy atom. The summed E-state index contributed by atoms with van der Waals surface area (Å²) in [6.45, 7) is 2.31. The first-order chi connectivity index (χ1) is 10.1. The van der Waals surface area contributed by atoms with E-state index in [0.29, 0.717) is 35.8 Å². The highest BCUT2D eigenvalue weighted by molar-refractivity contribution is 7.98. The van der Waals surface area contributed by atoms with Crippen LogP contribution in [0.2, 0.25) is 0 Å². The van der Waals surface area contributed by atoms with Crippen molar-refractivity contribution in [1.29, 1.82) is 0 Å². The molecule has 1 aromatic carbocycles. The third-order valence-corrected chi connectivity index (χ3v) is 3.77. The zero-order valence-corrected chi connectivity index (χ0v) is 13.2. The van der Waals surface area contributed by atoms with Crippen LogP contribution in [0.5, 0.6) is 0 Å². The Hall–Kier alpha value is -1.69. The van der Waals surface area contributed by atoms with Crippen molar-refractivity contribution in [1.82, 2.24) is 0 Å². The number of carbonyl (C=O) groups excluding carboxylic acids is 2. The topological polar surface area (TPSA) is 78.6 Å². The number of rotatable bonds is 8. The molecule has 0 bridgehead atoms. The largest absolute Gasteiger partial charge is 0.469 e. The molecule has 0 saturated carbocycles. The van der Waals surface area contributed by atoms with Crippen LogP contribution in [0.15, 0.2) is 18.2 Å². The molecule has 5 nitrogen and oxygen atoms in total. The first-order valence-corrected chi connectivity index (χ1v) is 7.94. The van der Waals surface area contributed by atoms with Crippen LogP contribution in [-0.4, -0.2) is 31.4 Å². The fourth-order valence-electron chi connectivity index (χ4n) is 1.70. The van der Waals surface area contributed by atoms with Gasteiger partial charge in [-0.05, 0) is 18.1 Å². The summed E-state index contributed by atoms with van der Waals surface area (Å²) < 4.78 is 9.74. The summed E-state index contributed by atoms with van der Waals surface area (Å²) in [5.74, 6) is 0.597. The van der Waals surface area contributed by atoms with Crippen LogP contribution in [0.4, 0.5) is 5.69 Å². The zero-order valence-electron chi connectivity index (χ0n) is 12.4. The van der Waals surface area contributed by atoms with Crippen molar-refractivity contribution in [2.45, 2.75) is 25.5 Å². The van der Waals surface area contributed by atoms with Crippen molar-refractivity contribution >= 4 is 29.4 Å². The standard InChI is InChI=1S/C15H21NO4S/c1-3-8-20-15(18)14-11(5-4-6-12(14)16)10-21-9-7-13(17)19-2/h4-6H,3,7-10,16H2,1-2H3. The van der Waals surface area contributed by atoms with Crippen molar-refractivity contribution < 1.29 is 19.1 Å². The SMILES string of the molecule is CCCOC(=O)c1c(N)cccc1CSCCC(=O)OC. The van der Waals surface area contributed by atoms with Crippen LogP contribution in [0.3, 0.4) is 0 Å². The maximum atomic E-state index is 12.0. The van der Waals surface area contributed by atoms with E-state index in [1.54, 1.807) is 17.8 Å². The lowest BCUT2D eigenvalue weighted by Gasteiger charge is -2.11. The van der Waals surface area contributed by atoms with Gasteiger partial charge in [-0.25, -0.2) is 4.79 Å². The summed E-state index contributed by atoms with van der Waals surface area (Å²) in [6, 6.07) is 5.34. The molecule has 1 aromatic rings. The molecule has 0 unspecified atom stereocenters. The van der Waals surface area contributed by atoms with Gasteiger partial charge < -0.3 is 15.2 Å². The second-order valence-corrected chi connectivity index (χ2v) is 5.50. The number of benzene rings is 1. The third kappa shape index (κ3) is 5.67. The van der Waals surface area contributed by atoms with Gasteiger partial charge in [0.15, 0.2) is 0 Å². The van der Waals surface area contributed by atoms with Crippen LogP contribution in [0.25, 0.3) is 0 Å². The van der Waals surface area contributed by atoms with Crippen LogP contribution < -0.4 is 5.73 Å². The van der Waals surface area contributed by atoms with Gasteiger partial charge in [-0.1, -0.05) is 19.1 Å². The van der Waals surface area contributed by atoms with Gasteiger partial charge in [0.1, 0.15) is 0 Å². The van der Waals surface area contributed by atoms with Crippen molar-refractivity contribution in [3.63, 3.8) is 0 Å². The molecule has 0 aliphatic heterocycles. The van der Waals surface area contributed by atoms with Crippen LogP contribution in [0, 0.1) is 0 Å². The molecule has 0 heterocycles. The Morgan fingerprint density at radius 3 is 2.76 bits per heavy atom. The molecule has 116 valence electrons. The van der Waals surface area contributed by atoms with Crippen LogP contribution >= 0.6 is 11.8 Å². The van der Waals surface area contributed by atoms with Gasteiger partial charge in [0, 0.05) is 17.2 Å². The van der Waals surface area contributed by atoms with E-state index < -0.39 is 5.97 Å². The molecule has 0 aliphatic carbocycles. The number of nitrogen functional groups attached to an aromatic ring is 1. The number of thioether (sulfide) groups is 1. The van der Waals surface area contributed by atoms with E-state index in [0.717, 1.165) is 12.0 Å². The molecule has 0 fully saturated rings. The molecule has 0 radical (unpaired) electrons. The fraction of sp³-hybridized carbons (Fsp3) is 0.467. The van der Waals surface area contributed by atoms with E-state index >= 15 is 0 Å². The predicted octanol–water partition coefficient (Wildman–Crippen LogP) is 2.63. The van der Waals surface area contributed by atoms with Gasteiger partial charge in [0.2, 0.25) is 0 Å². The Balaban J connectivity index is 2.67. The van der Waals surface area contributed by atoms with E-state index in [9.17, 15) is 9.59 Å². The Morgan fingerprint density at radius 2 is 2.10 bits per heavy atom. The number of carbonyl (C=O) groups is 2. The fourth-order valence-corrected chi connectivity index (χ4v) is 2.61. The highest BCUT2D eigenvalue weighted by atomic mass is 32.2. The minimum Gasteiger partial charge on any atom is -0.469 e. The molecular formula is C15H21NO4S. The highest BCUT2D eigenvalue weighted by Crippen LogP contribution is 2.23. The summed E-state index contributed by atoms with van der Waals surface area (Å²) >= 11 is 1.55. The summed E-state index contributed by atoms with van der Waals surface area (Å²) in [4.78, 5) is 23.1. The lowest BCUT2D eigenvalue weighted by atomic mass is 10.1. The van der Waals surface area contributed by atoms with Gasteiger partial charge in [-0.3, -0.25) is 4.79 Å². The van der Waals surface area contributed by atoms with Gasteiger partial charge in [0.05, 0.1) is 25.7 Å². The van der Waals surface area contributed by atoms with E-state index in [-0.39, 0.29) is 5.97 Å². The lowest BCUT2D eigenvalue weighted by Crippen LogP contribution is -2.12. The van der Waals surface area contributed by atoms with Crippen molar-refractivity contribution in [3.05, 3.63) is 29.3 Å². The molecule has 0 aromatic heterocycles.